The number of carbonyl (C=O) groups is 3. The number of carbonyl (C=O) groups excluding carboxylic acids is 2. The molecule has 1 unspecified atom stereocenters. The van der Waals surface area contributed by atoms with Crippen molar-refractivity contribution < 1.29 is 19.5 Å². The number of hydrogen-bond donors (Lipinski definition) is 5. The standard InChI is InChI=1S/C19H22N6O4/c1-25(18(29)12-4-2-6-14(8-12)23-19(20)21)11-16(26)24-15(9-17(27)28)13-5-3-7-22-10-13/h2-8,10,15H,9,11H2,1H3,(H,24,26)(H,27,28)(H4,20,21,23). The molecule has 10 nitrogen and oxygen atoms in total. The molecule has 0 aliphatic carbocycles. The van der Waals surface area contributed by atoms with Crippen LogP contribution < -0.4 is 16.4 Å². The summed E-state index contributed by atoms with van der Waals surface area (Å²) >= 11 is 0. The van der Waals surface area contributed by atoms with E-state index in [0.717, 1.165) is 0 Å². The second-order valence-electron chi connectivity index (χ2n) is 6.29. The average molecular weight is 398 g/mol. The zero-order chi connectivity index (χ0) is 21.4. The molecule has 2 amide bonds. The minimum absolute atomic E-state index is 0.262. The number of pyridine rings is 1. The van der Waals surface area contributed by atoms with E-state index >= 15 is 0 Å². The van der Waals surface area contributed by atoms with Gasteiger partial charge in [-0.25, -0.2) is 0 Å². The summed E-state index contributed by atoms with van der Waals surface area (Å²) in [5, 5.41) is 21.6. The van der Waals surface area contributed by atoms with Crippen LogP contribution >= 0.6 is 0 Å². The van der Waals surface area contributed by atoms with Crippen LogP contribution in [0.25, 0.3) is 0 Å². The van der Waals surface area contributed by atoms with Crippen LogP contribution in [-0.4, -0.2) is 52.3 Å². The number of carboxylic acid groups (broad SMARTS) is 1. The van der Waals surface area contributed by atoms with Gasteiger partial charge in [-0.05, 0) is 29.8 Å². The third-order valence-corrected chi connectivity index (χ3v) is 3.92. The Labute approximate surface area is 167 Å². The predicted molar refractivity (Wildman–Crippen MR) is 106 cm³/mol. The Hall–Kier alpha value is -3.95. The fourth-order valence-electron chi connectivity index (χ4n) is 2.64. The number of amides is 2. The van der Waals surface area contributed by atoms with Crippen LogP contribution in [0.1, 0.15) is 28.4 Å². The SMILES string of the molecule is CN(CC(=O)NC(CC(=O)O)c1cccnc1)C(=O)c1cccc(NC(=N)N)c1. The molecular formula is C19H22N6O4. The maximum Gasteiger partial charge on any atom is 0.305 e. The monoisotopic (exact) mass is 398 g/mol. The number of rotatable bonds is 8. The lowest BCUT2D eigenvalue weighted by Crippen LogP contribution is -2.40. The summed E-state index contributed by atoms with van der Waals surface area (Å²) in [7, 11) is 1.46. The van der Waals surface area contributed by atoms with Gasteiger partial charge in [-0.1, -0.05) is 12.1 Å². The summed E-state index contributed by atoms with van der Waals surface area (Å²) in [6, 6.07) is 8.91. The van der Waals surface area contributed by atoms with E-state index in [-0.39, 0.29) is 18.9 Å². The third kappa shape index (κ3) is 6.61. The van der Waals surface area contributed by atoms with Gasteiger partial charge >= 0.3 is 5.97 Å². The zero-order valence-electron chi connectivity index (χ0n) is 15.8. The molecule has 0 saturated carbocycles. The van der Waals surface area contributed by atoms with Crippen LogP contribution in [0, 0.1) is 5.41 Å². The molecule has 1 aromatic carbocycles. The van der Waals surface area contributed by atoms with Gasteiger partial charge in [0.2, 0.25) is 5.91 Å². The van der Waals surface area contributed by atoms with Crippen LogP contribution in [0.15, 0.2) is 48.8 Å². The number of aromatic nitrogens is 1. The molecule has 0 radical (unpaired) electrons. The van der Waals surface area contributed by atoms with Gasteiger partial charge in [0.15, 0.2) is 5.96 Å². The van der Waals surface area contributed by atoms with Crippen molar-refractivity contribution >= 4 is 29.4 Å². The van der Waals surface area contributed by atoms with E-state index in [2.05, 4.69) is 15.6 Å². The smallest absolute Gasteiger partial charge is 0.305 e. The highest BCUT2D eigenvalue weighted by molar-refractivity contribution is 5.98. The van der Waals surface area contributed by atoms with Gasteiger partial charge in [0.25, 0.3) is 5.91 Å². The van der Waals surface area contributed by atoms with Crippen molar-refractivity contribution in [3.8, 4) is 0 Å². The first-order valence-corrected chi connectivity index (χ1v) is 8.64. The lowest BCUT2D eigenvalue weighted by Gasteiger charge is -2.21. The van der Waals surface area contributed by atoms with E-state index in [0.29, 0.717) is 16.8 Å². The minimum Gasteiger partial charge on any atom is -0.481 e. The summed E-state index contributed by atoms with van der Waals surface area (Å²) < 4.78 is 0. The van der Waals surface area contributed by atoms with Crippen molar-refractivity contribution in [2.75, 3.05) is 18.9 Å². The summed E-state index contributed by atoms with van der Waals surface area (Å²) in [6.07, 6.45) is 2.72. The summed E-state index contributed by atoms with van der Waals surface area (Å²) in [5.74, 6) is -2.25. The number of nitrogens with one attached hydrogen (secondary N) is 3. The Kier molecular flexibility index (Phi) is 7.24. The van der Waals surface area contributed by atoms with Crippen molar-refractivity contribution in [3.05, 3.63) is 59.9 Å². The largest absolute Gasteiger partial charge is 0.481 e. The molecule has 0 aliphatic heterocycles. The highest BCUT2D eigenvalue weighted by atomic mass is 16.4. The van der Waals surface area contributed by atoms with Gasteiger partial charge in [-0.15, -0.1) is 0 Å². The lowest BCUT2D eigenvalue weighted by atomic mass is 10.1. The number of nitrogens with zero attached hydrogens (tertiary/aromatic N) is 2. The van der Waals surface area contributed by atoms with Crippen LogP contribution in [-0.2, 0) is 9.59 Å². The molecule has 0 bridgehead atoms. The Morgan fingerprint density at radius 2 is 2.03 bits per heavy atom. The van der Waals surface area contributed by atoms with E-state index in [1.165, 1.54) is 24.2 Å². The highest BCUT2D eigenvalue weighted by Crippen LogP contribution is 2.16. The van der Waals surface area contributed by atoms with Crippen LogP contribution in [0.5, 0.6) is 0 Å². The Balaban J connectivity index is 2.04. The number of likely N-dealkylation sites (N-methyl/N-ethyl adjacent to an activating group) is 1. The molecule has 0 spiro atoms. The van der Waals surface area contributed by atoms with Gasteiger partial charge in [0.1, 0.15) is 0 Å². The second kappa shape index (κ2) is 9.83. The maximum absolute atomic E-state index is 12.6. The summed E-state index contributed by atoms with van der Waals surface area (Å²) in [4.78, 5) is 41.2. The number of aliphatic carboxylic acids is 1. The molecule has 0 fully saturated rings. The molecule has 2 aromatic rings. The number of hydrogen-bond acceptors (Lipinski definition) is 5. The average Bonchev–Trinajstić information content (AvgIpc) is 2.66. The quantitative estimate of drug-likeness (QED) is 0.324. The molecule has 6 N–H and O–H groups in total. The summed E-state index contributed by atoms with van der Waals surface area (Å²) in [6.45, 7) is -0.264. The topological polar surface area (TPSA) is 162 Å². The molecule has 1 heterocycles. The van der Waals surface area contributed by atoms with Crippen LogP contribution in [0.3, 0.4) is 0 Å². The van der Waals surface area contributed by atoms with E-state index in [1.54, 1.807) is 36.5 Å². The number of carboxylic acids is 1. The fraction of sp³-hybridized carbons (Fsp3) is 0.211. The van der Waals surface area contributed by atoms with Crippen LogP contribution in [0.2, 0.25) is 0 Å². The van der Waals surface area contributed by atoms with Gasteiger partial charge in [-0.3, -0.25) is 24.8 Å². The number of benzene rings is 1. The first kappa shape index (κ1) is 21.4. The Morgan fingerprint density at radius 1 is 1.28 bits per heavy atom. The number of guanidine groups is 1. The molecule has 10 heteroatoms. The molecule has 1 atom stereocenters. The first-order valence-electron chi connectivity index (χ1n) is 8.64. The Bertz CT molecular complexity index is 903. The van der Waals surface area contributed by atoms with Crippen molar-refractivity contribution in [2.45, 2.75) is 12.5 Å². The fourth-order valence-corrected chi connectivity index (χ4v) is 2.64. The third-order valence-electron chi connectivity index (χ3n) is 3.92. The molecule has 0 saturated heterocycles. The number of anilines is 1. The van der Waals surface area contributed by atoms with Crippen molar-refractivity contribution in [2.24, 2.45) is 5.73 Å². The predicted octanol–water partition coefficient (Wildman–Crippen LogP) is 0.791. The van der Waals surface area contributed by atoms with Gasteiger partial charge in [0, 0.05) is 30.7 Å². The van der Waals surface area contributed by atoms with Crippen LogP contribution in [0.4, 0.5) is 5.69 Å². The zero-order valence-corrected chi connectivity index (χ0v) is 15.8. The molecule has 29 heavy (non-hydrogen) atoms. The first-order chi connectivity index (χ1) is 13.8. The molecule has 0 aliphatic rings. The molecular weight excluding hydrogens is 376 g/mol. The molecule has 2 rings (SSSR count). The molecule has 1 aromatic heterocycles. The van der Waals surface area contributed by atoms with E-state index in [4.69, 9.17) is 16.2 Å². The van der Waals surface area contributed by atoms with E-state index < -0.39 is 23.8 Å². The van der Waals surface area contributed by atoms with E-state index in [9.17, 15) is 14.4 Å². The van der Waals surface area contributed by atoms with Gasteiger partial charge in [0.05, 0.1) is 19.0 Å². The maximum atomic E-state index is 12.6. The van der Waals surface area contributed by atoms with Crippen molar-refractivity contribution in [3.63, 3.8) is 0 Å². The lowest BCUT2D eigenvalue weighted by molar-refractivity contribution is -0.137. The minimum atomic E-state index is -1.07. The van der Waals surface area contributed by atoms with Crippen molar-refractivity contribution in [1.82, 2.24) is 15.2 Å². The Morgan fingerprint density at radius 3 is 2.66 bits per heavy atom. The normalized spacial score (nSPS) is 11.2. The molecule has 152 valence electrons. The van der Waals surface area contributed by atoms with E-state index in [1.807, 2.05) is 0 Å². The number of nitrogens with two attached hydrogens (primary N) is 1. The second-order valence-corrected chi connectivity index (χ2v) is 6.29. The van der Waals surface area contributed by atoms with Gasteiger partial charge < -0.3 is 26.4 Å². The van der Waals surface area contributed by atoms with Crippen molar-refractivity contribution in [1.29, 1.82) is 5.41 Å². The van der Waals surface area contributed by atoms with Gasteiger partial charge in [-0.2, -0.15) is 0 Å². The highest BCUT2D eigenvalue weighted by Gasteiger charge is 2.21. The summed E-state index contributed by atoms with van der Waals surface area (Å²) in [5.41, 5.74) is 6.62.